The standard InChI is InChI=1S/C18H26N4O2/c1-12-19-15-6-5-14(11-16(15)20-12)22-9-7-13(8-10-22)21-17(23)24-18(2,3)4/h5-6,11,13H,7-10H2,1-4H3,(H,19,20)(H,21,23). The zero-order valence-corrected chi connectivity index (χ0v) is 14.8. The molecule has 1 aromatic carbocycles. The molecular weight excluding hydrogens is 304 g/mol. The monoisotopic (exact) mass is 330 g/mol. The molecule has 6 heteroatoms. The zero-order valence-electron chi connectivity index (χ0n) is 14.8. The van der Waals surface area contributed by atoms with Crippen molar-refractivity contribution in [3.63, 3.8) is 0 Å². The normalized spacial score (nSPS) is 16.4. The molecule has 1 amide bonds. The van der Waals surface area contributed by atoms with Crippen LogP contribution in [-0.4, -0.2) is 40.8 Å². The first-order valence-electron chi connectivity index (χ1n) is 8.51. The van der Waals surface area contributed by atoms with Gasteiger partial charge in [0, 0.05) is 24.8 Å². The van der Waals surface area contributed by atoms with Crippen LogP contribution in [0.25, 0.3) is 11.0 Å². The lowest BCUT2D eigenvalue weighted by molar-refractivity contribution is 0.0497. The number of hydrogen-bond acceptors (Lipinski definition) is 4. The summed E-state index contributed by atoms with van der Waals surface area (Å²) in [7, 11) is 0. The zero-order chi connectivity index (χ0) is 17.3. The number of benzene rings is 1. The van der Waals surface area contributed by atoms with E-state index in [1.807, 2.05) is 27.7 Å². The van der Waals surface area contributed by atoms with Crippen LogP contribution in [0.3, 0.4) is 0 Å². The minimum absolute atomic E-state index is 0.175. The molecule has 2 aromatic rings. The van der Waals surface area contributed by atoms with Crippen molar-refractivity contribution >= 4 is 22.8 Å². The summed E-state index contributed by atoms with van der Waals surface area (Å²) in [6, 6.07) is 6.50. The molecule has 1 fully saturated rings. The molecule has 2 N–H and O–H groups in total. The Morgan fingerprint density at radius 2 is 2.04 bits per heavy atom. The van der Waals surface area contributed by atoms with Crippen LogP contribution in [0.15, 0.2) is 18.2 Å². The number of aryl methyl sites for hydroxylation is 1. The van der Waals surface area contributed by atoms with E-state index in [-0.39, 0.29) is 12.1 Å². The summed E-state index contributed by atoms with van der Waals surface area (Å²) in [6.07, 6.45) is 1.51. The smallest absolute Gasteiger partial charge is 0.407 e. The Balaban J connectivity index is 1.57. The Bertz CT molecular complexity index is 724. The van der Waals surface area contributed by atoms with Gasteiger partial charge in [-0.15, -0.1) is 0 Å². The van der Waals surface area contributed by atoms with Crippen molar-refractivity contribution in [2.45, 2.75) is 52.2 Å². The van der Waals surface area contributed by atoms with E-state index in [2.05, 4.69) is 38.4 Å². The first-order chi connectivity index (χ1) is 11.3. The van der Waals surface area contributed by atoms with E-state index < -0.39 is 5.60 Å². The minimum atomic E-state index is -0.456. The number of carbonyl (C=O) groups excluding carboxylic acids is 1. The lowest BCUT2D eigenvalue weighted by Gasteiger charge is -2.34. The van der Waals surface area contributed by atoms with Gasteiger partial charge in [-0.1, -0.05) is 0 Å². The first-order valence-corrected chi connectivity index (χ1v) is 8.51. The van der Waals surface area contributed by atoms with Crippen LogP contribution >= 0.6 is 0 Å². The van der Waals surface area contributed by atoms with Crippen molar-refractivity contribution in [2.24, 2.45) is 0 Å². The summed E-state index contributed by atoms with van der Waals surface area (Å²) in [4.78, 5) is 21.9. The van der Waals surface area contributed by atoms with E-state index in [4.69, 9.17) is 4.74 Å². The summed E-state index contributed by atoms with van der Waals surface area (Å²) in [5.74, 6) is 0.933. The van der Waals surface area contributed by atoms with E-state index in [1.165, 1.54) is 5.69 Å². The number of anilines is 1. The average molecular weight is 330 g/mol. The summed E-state index contributed by atoms with van der Waals surface area (Å²) >= 11 is 0. The van der Waals surface area contributed by atoms with Gasteiger partial charge in [-0.25, -0.2) is 9.78 Å². The van der Waals surface area contributed by atoms with E-state index >= 15 is 0 Å². The van der Waals surface area contributed by atoms with Gasteiger partial charge in [0.15, 0.2) is 0 Å². The summed E-state index contributed by atoms with van der Waals surface area (Å²) in [5, 5.41) is 2.98. The largest absolute Gasteiger partial charge is 0.444 e. The van der Waals surface area contributed by atoms with Gasteiger partial charge >= 0.3 is 6.09 Å². The van der Waals surface area contributed by atoms with Crippen LogP contribution in [-0.2, 0) is 4.74 Å². The Hall–Kier alpha value is -2.24. The third-order valence-electron chi connectivity index (χ3n) is 4.16. The number of hydrogen-bond donors (Lipinski definition) is 2. The number of imidazole rings is 1. The molecule has 0 aliphatic carbocycles. The van der Waals surface area contributed by atoms with Gasteiger partial charge in [-0.2, -0.15) is 0 Å². The van der Waals surface area contributed by atoms with Crippen molar-refractivity contribution < 1.29 is 9.53 Å². The Morgan fingerprint density at radius 1 is 1.33 bits per heavy atom. The quantitative estimate of drug-likeness (QED) is 0.886. The molecule has 130 valence electrons. The fraction of sp³-hybridized carbons (Fsp3) is 0.556. The highest BCUT2D eigenvalue weighted by Gasteiger charge is 2.23. The van der Waals surface area contributed by atoms with Crippen LogP contribution in [0.1, 0.15) is 39.4 Å². The molecule has 1 aromatic heterocycles. The fourth-order valence-corrected chi connectivity index (χ4v) is 3.08. The summed E-state index contributed by atoms with van der Waals surface area (Å²) in [6.45, 7) is 9.43. The summed E-state index contributed by atoms with van der Waals surface area (Å²) in [5.41, 5.74) is 2.81. The predicted octanol–water partition coefficient (Wildman–Crippen LogP) is 3.36. The maximum Gasteiger partial charge on any atom is 0.407 e. The van der Waals surface area contributed by atoms with Crippen molar-refractivity contribution in [1.29, 1.82) is 0 Å². The second-order valence-corrected chi connectivity index (χ2v) is 7.43. The number of H-pyrrole nitrogens is 1. The third-order valence-corrected chi connectivity index (χ3v) is 4.16. The highest BCUT2D eigenvalue weighted by atomic mass is 16.6. The summed E-state index contributed by atoms with van der Waals surface area (Å²) < 4.78 is 5.33. The molecule has 0 spiro atoms. The second-order valence-electron chi connectivity index (χ2n) is 7.43. The minimum Gasteiger partial charge on any atom is -0.444 e. The van der Waals surface area contributed by atoms with Crippen LogP contribution in [0, 0.1) is 6.92 Å². The first kappa shape index (κ1) is 16.6. The number of nitrogens with one attached hydrogen (secondary N) is 2. The molecule has 0 atom stereocenters. The Morgan fingerprint density at radius 3 is 2.71 bits per heavy atom. The maximum absolute atomic E-state index is 11.9. The van der Waals surface area contributed by atoms with Crippen LogP contribution in [0.2, 0.25) is 0 Å². The molecule has 24 heavy (non-hydrogen) atoms. The number of aromatic nitrogens is 2. The van der Waals surface area contributed by atoms with Gasteiger partial charge < -0.3 is 19.9 Å². The number of fused-ring (bicyclic) bond motifs is 1. The number of nitrogens with zero attached hydrogens (tertiary/aromatic N) is 2. The molecule has 0 unspecified atom stereocenters. The van der Waals surface area contributed by atoms with Gasteiger partial charge in [0.2, 0.25) is 0 Å². The van der Waals surface area contributed by atoms with Gasteiger partial charge in [-0.05, 0) is 58.7 Å². The molecule has 6 nitrogen and oxygen atoms in total. The molecule has 1 aliphatic rings. The molecule has 1 aliphatic heterocycles. The Kier molecular flexibility index (Phi) is 4.39. The van der Waals surface area contributed by atoms with Crippen LogP contribution in [0.4, 0.5) is 10.5 Å². The van der Waals surface area contributed by atoms with Gasteiger partial charge in [0.05, 0.1) is 11.0 Å². The number of rotatable bonds is 2. The molecule has 0 saturated carbocycles. The van der Waals surface area contributed by atoms with Gasteiger partial charge in [0.1, 0.15) is 11.4 Å². The number of carbonyl (C=O) groups is 1. The van der Waals surface area contributed by atoms with Crippen molar-refractivity contribution in [2.75, 3.05) is 18.0 Å². The number of ether oxygens (including phenoxy) is 1. The molecule has 0 bridgehead atoms. The molecule has 1 saturated heterocycles. The highest BCUT2D eigenvalue weighted by Crippen LogP contribution is 2.24. The van der Waals surface area contributed by atoms with Gasteiger partial charge in [-0.3, -0.25) is 0 Å². The van der Waals surface area contributed by atoms with E-state index in [0.717, 1.165) is 42.8 Å². The number of piperidine rings is 1. The topological polar surface area (TPSA) is 70.2 Å². The van der Waals surface area contributed by atoms with Crippen molar-refractivity contribution in [1.82, 2.24) is 15.3 Å². The molecule has 3 rings (SSSR count). The molecule has 2 heterocycles. The lowest BCUT2D eigenvalue weighted by Crippen LogP contribution is -2.46. The average Bonchev–Trinajstić information content (AvgIpc) is 2.85. The van der Waals surface area contributed by atoms with Crippen LogP contribution in [0.5, 0.6) is 0 Å². The maximum atomic E-state index is 11.9. The van der Waals surface area contributed by atoms with E-state index in [9.17, 15) is 4.79 Å². The van der Waals surface area contributed by atoms with E-state index in [0.29, 0.717) is 0 Å². The predicted molar refractivity (Wildman–Crippen MR) is 95.4 cm³/mol. The highest BCUT2D eigenvalue weighted by molar-refractivity contribution is 5.79. The van der Waals surface area contributed by atoms with Crippen molar-refractivity contribution in [3.8, 4) is 0 Å². The SMILES string of the molecule is Cc1nc2ccc(N3CCC(NC(=O)OC(C)(C)C)CC3)cc2[nH]1. The number of aromatic amines is 1. The Labute approximate surface area is 142 Å². The van der Waals surface area contributed by atoms with Crippen LogP contribution < -0.4 is 10.2 Å². The van der Waals surface area contributed by atoms with E-state index in [1.54, 1.807) is 0 Å². The van der Waals surface area contributed by atoms with Crippen molar-refractivity contribution in [3.05, 3.63) is 24.0 Å². The van der Waals surface area contributed by atoms with Gasteiger partial charge in [0.25, 0.3) is 0 Å². The molecule has 0 radical (unpaired) electrons. The fourth-order valence-electron chi connectivity index (χ4n) is 3.08. The number of amides is 1. The second kappa shape index (κ2) is 6.34. The lowest BCUT2D eigenvalue weighted by atomic mass is 10.0. The number of alkyl carbamates (subject to hydrolysis) is 1. The molecular formula is C18H26N4O2. The third kappa shape index (κ3) is 3.99.